The maximum absolute atomic E-state index is 5.59. The molecule has 1 aliphatic rings. The largest absolute Gasteiger partial charge is 0.374 e. The van der Waals surface area contributed by atoms with Crippen molar-refractivity contribution in [1.82, 2.24) is 10.2 Å². The Bertz CT molecular complexity index is 124. The third kappa shape index (κ3) is 4.02. The molecule has 0 aliphatic carbocycles. The summed E-state index contributed by atoms with van der Waals surface area (Å²) in [5.74, 6) is 0. The number of rotatable bonds is 4. The molecule has 0 aromatic heterocycles. The number of alkyl halides is 1. The Morgan fingerprint density at radius 3 is 3.17 bits per heavy atom. The molecular weight excluding hydrogens is 267 g/mol. The highest BCUT2D eigenvalue weighted by Crippen LogP contribution is 2.01. The van der Waals surface area contributed by atoms with Gasteiger partial charge in [-0.05, 0) is 7.05 Å². The molecule has 1 unspecified atom stereocenters. The summed E-state index contributed by atoms with van der Waals surface area (Å²) in [6.07, 6.45) is 0.395. The normalized spacial score (nSPS) is 26.0. The van der Waals surface area contributed by atoms with E-state index in [4.69, 9.17) is 4.74 Å². The Hall–Kier alpha value is 0.610. The molecule has 0 bridgehead atoms. The molecular formula is C8H17IN2O. The third-order valence-corrected chi connectivity index (χ3v) is 2.52. The molecule has 1 aliphatic heterocycles. The fraction of sp³-hybridized carbons (Fsp3) is 1.00. The van der Waals surface area contributed by atoms with Gasteiger partial charge in [-0.25, -0.2) is 0 Å². The third-order valence-electron chi connectivity index (χ3n) is 1.99. The van der Waals surface area contributed by atoms with Gasteiger partial charge < -0.3 is 15.0 Å². The summed E-state index contributed by atoms with van der Waals surface area (Å²) in [6, 6.07) is 0. The van der Waals surface area contributed by atoms with Gasteiger partial charge in [0.2, 0.25) is 0 Å². The van der Waals surface area contributed by atoms with Crippen LogP contribution in [0.3, 0.4) is 0 Å². The van der Waals surface area contributed by atoms with Gasteiger partial charge in [0.1, 0.15) is 0 Å². The molecule has 72 valence electrons. The summed E-state index contributed by atoms with van der Waals surface area (Å²) in [7, 11) is 2.15. The van der Waals surface area contributed by atoms with Crippen LogP contribution in [0.4, 0.5) is 0 Å². The highest BCUT2D eigenvalue weighted by atomic mass is 127. The lowest BCUT2D eigenvalue weighted by atomic mass is 10.3. The van der Waals surface area contributed by atoms with Crippen molar-refractivity contribution < 1.29 is 4.74 Å². The van der Waals surface area contributed by atoms with Crippen LogP contribution in [0.15, 0.2) is 0 Å². The number of morpholine rings is 1. The van der Waals surface area contributed by atoms with Gasteiger partial charge in [-0.2, -0.15) is 0 Å². The lowest BCUT2D eigenvalue weighted by Crippen LogP contribution is -2.45. The zero-order valence-corrected chi connectivity index (χ0v) is 9.71. The molecule has 1 rings (SSSR count). The number of nitrogens with zero attached hydrogens (tertiary/aromatic N) is 1. The molecule has 0 aromatic carbocycles. The van der Waals surface area contributed by atoms with Gasteiger partial charge in [-0.3, -0.25) is 0 Å². The zero-order valence-electron chi connectivity index (χ0n) is 7.55. The van der Waals surface area contributed by atoms with Gasteiger partial charge in [0.05, 0.1) is 12.7 Å². The Morgan fingerprint density at radius 1 is 1.67 bits per heavy atom. The van der Waals surface area contributed by atoms with Gasteiger partial charge in [-0.15, -0.1) is 0 Å². The molecule has 0 radical (unpaired) electrons. The van der Waals surface area contributed by atoms with E-state index < -0.39 is 0 Å². The smallest absolute Gasteiger partial charge is 0.0826 e. The molecule has 4 heteroatoms. The van der Waals surface area contributed by atoms with Crippen molar-refractivity contribution in [3.05, 3.63) is 0 Å². The molecule has 0 aromatic rings. The zero-order chi connectivity index (χ0) is 8.81. The minimum Gasteiger partial charge on any atom is -0.374 e. The van der Waals surface area contributed by atoms with E-state index in [1.165, 1.54) is 4.43 Å². The lowest BCUT2D eigenvalue weighted by molar-refractivity contribution is -0.0177. The van der Waals surface area contributed by atoms with Crippen LogP contribution in [0.25, 0.3) is 0 Å². The first-order valence-corrected chi connectivity index (χ1v) is 5.92. The number of hydrogen-bond acceptors (Lipinski definition) is 3. The average molecular weight is 284 g/mol. The van der Waals surface area contributed by atoms with E-state index in [1.54, 1.807) is 0 Å². The van der Waals surface area contributed by atoms with Gasteiger partial charge in [0.25, 0.3) is 0 Å². The Morgan fingerprint density at radius 2 is 2.50 bits per heavy atom. The highest BCUT2D eigenvalue weighted by molar-refractivity contribution is 14.1. The van der Waals surface area contributed by atoms with Crippen LogP contribution in [0.1, 0.15) is 0 Å². The summed E-state index contributed by atoms with van der Waals surface area (Å²) in [5.41, 5.74) is 0. The van der Waals surface area contributed by atoms with Gasteiger partial charge in [-0.1, -0.05) is 22.6 Å². The predicted octanol–water partition coefficient (Wildman–Crippen LogP) is 0.342. The van der Waals surface area contributed by atoms with Crippen LogP contribution in [-0.2, 0) is 4.74 Å². The van der Waals surface area contributed by atoms with Crippen LogP contribution in [0, 0.1) is 0 Å². The molecule has 0 spiro atoms. The van der Waals surface area contributed by atoms with E-state index in [0.29, 0.717) is 6.10 Å². The van der Waals surface area contributed by atoms with Crippen molar-refractivity contribution in [1.29, 1.82) is 0 Å². The fourth-order valence-electron chi connectivity index (χ4n) is 1.32. The predicted molar refractivity (Wildman–Crippen MR) is 59.0 cm³/mol. The number of halogens is 1. The first-order valence-electron chi connectivity index (χ1n) is 4.39. The monoisotopic (exact) mass is 284 g/mol. The van der Waals surface area contributed by atoms with Gasteiger partial charge >= 0.3 is 0 Å². The molecule has 1 N–H and O–H groups in total. The number of ether oxygens (including phenoxy) is 1. The lowest BCUT2D eigenvalue weighted by Gasteiger charge is -2.30. The highest BCUT2D eigenvalue weighted by Gasteiger charge is 2.16. The standard InChI is InChI=1S/C8H17IN2O/c1-11-4-5-12-8(7-11)6-10-3-2-9/h8,10H,2-7H2,1H3. The van der Waals surface area contributed by atoms with Crippen molar-refractivity contribution in [2.45, 2.75) is 6.10 Å². The first kappa shape index (κ1) is 10.7. The van der Waals surface area contributed by atoms with Crippen LogP contribution >= 0.6 is 22.6 Å². The summed E-state index contributed by atoms with van der Waals surface area (Å²) < 4.78 is 6.76. The van der Waals surface area contributed by atoms with Crippen LogP contribution in [0.5, 0.6) is 0 Å². The Kier molecular flexibility index (Phi) is 5.45. The van der Waals surface area contributed by atoms with Gasteiger partial charge in [0.15, 0.2) is 0 Å². The second-order valence-corrected chi connectivity index (χ2v) is 4.23. The van der Waals surface area contributed by atoms with E-state index in [2.05, 4.69) is 39.9 Å². The van der Waals surface area contributed by atoms with Crippen LogP contribution in [-0.4, -0.2) is 55.3 Å². The molecule has 12 heavy (non-hydrogen) atoms. The quantitative estimate of drug-likeness (QED) is 0.458. The molecule has 1 saturated heterocycles. The van der Waals surface area contributed by atoms with Crippen molar-refractivity contribution in [2.24, 2.45) is 0 Å². The SMILES string of the molecule is CN1CCOC(CNCCI)C1. The van der Waals surface area contributed by atoms with Crippen molar-refractivity contribution >= 4 is 22.6 Å². The van der Waals surface area contributed by atoms with E-state index in [-0.39, 0.29) is 0 Å². The van der Waals surface area contributed by atoms with Crippen molar-refractivity contribution in [2.75, 3.05) is 44.3 Å². The molecule has 0 amide bonds. The van der Waals surface area contributed by atoms with E-state index in [1.807, 2.05) is 0 Å². The maximum Gasteiger partial charge on any atom is 0.0826 e. The van der Waals surface area contributed by atoms with E-state index >= 15 is 0 Å². The second kappa shape index (κ2) is 6.12. The second-order valence-electron chi connectivity index (χ2n) is 3.15. The molecule has 3 nitrogen and oxygen atoms in total. The molecule has 1 fully saturated rings. The molecule has 1 atom stereocenters. The van der Waals surface area contributed by atoms with Crippen LogP contribution in [0.2, 0.25) is 0 Å². The van der Waals surface area contributed by atoms with E-state index in [0.717, 1.165) is 32.8 Å². The summed E-state index contributed by atoms with van der Waals surface area (Å²) in [5, 5.41) is 3.37. The Balaban J connectivity index is 2.06. The summed E-state index contributed by atoms with van der Waals surface area (Å²) >= 11 is 2.37. The van der Waals surface area contributed by atoms with Crippen molar-refractivity contribution in [3.8, 4) is 0 Å². The van der Waals surface area contributed by atoms with Crippen molar-refractivity contribution in [3.63, 3.8) is 0 Å². The van der Waals surface area contributed by atoms with E-state index in [9.17, 15) is 0 Å². The minimum absolute atomic E-state index is 0.395. The number of hydrogen-bond donors (Lipinski definition) is 1. The molecule has 1 heterocycles. The first-order chi connectivity index (χ1) is 5.83. The summed E-state index contributed by atoms with van der Waals surface area (Å²) in [4.78, 5) is 2.32. The van der Waals surface area contributed by atoms with Gasteiger partial charge in [0, 0.05) is 30.6 Å². The average Bonchev–Trinajstić information content (AvgIpc) is 2.05. The summed E-state index contributed by atoms with van der Waals surface area (Å²) in [6.45, 7) is 5.10. The minimum atomic E-state index is 0.395. The topological polar surface area (TPSA) is 24.5 Å². The van der Waals surface area contributed by atoms with Crippen LogP contribution < -0.4 is 5.32 Å². The Labute approximate surface area is 88.0 Å². The number of likely N-dealkylation sites (N-methyl/N-ethyl adjacent to an activating group) is 1. The molecule has 0 saturated carbocycles. The number of nitrogens with one attached hydrogen (secondary N) is 1. The maximum atomic E-state index is 5.59. The fourth-order valence-corrected chi connectivity index (χ4v) is 1.70.